The molecule has 0 amide bonds. The summed E-state index contributed by atoms with van der Waals surface area (Å²) in [5, 5.41) is 20.5. The van der Waals surface area contributed by atoms with Crippen molar-refractivity contribution in [2.45, 2.75) is 26.3 Å². The Morgan fingerprint density at radius 2 is 2.05 bits per heavy atom. The van der Waals surface area contributed by atoms with E-state index in [1.165, 1.54) is 19.2 Å². The molecule has 1 rings (SSSR count). The molecule has 0 aliphatic heterocycles. The number of ether oxygens (including phenoxy) is 1. The van der Waals surface area contributed by atoms with Crippen LogP contribution < -0.4 is 10.5 Å². The third kappa shape index (κ3) is 4.25. The first-order valence-electron chi connectivity index (χ1n) is 5.67. The number of aromatic hydroxyl groups is 1. The fourth-order valence-electron chi connectivity index (χ4n) is 1.77. The first-order chi connectivity index (χ1) is 8.36. The number of nitrogens with two attached hydrogens (primary N) is 1. The number of nitrogens with zero attached hydrogens (tertiary/aromatic N) is 1. The predicted octanol–water partition coefficient (Wildman–Crippen LogP) is 2.78. The summed E-state index contributed by atoms with van der Waals surface area (Å²) in [4.78, 5) is 10.2. The molecule has 0 unspecified atom stereocenters. The minimum absolute atomic E-state index is 0. The monoisotopic (exact) mass is 290 g/mol. The Bertz CT molecular complexity index is 452. The fourth-order valence-corrected chi connectivity index (χ4v) is 1.77. The Kier molecular flexibility index (Phi) is 6.58. The minimum atomic E-state index is -0.649. The number of phenolic OH excluding ortho intramolecular Hbond substituents is 1. The fraction of sp³-hybridized carbons (Fsp3) is 0.500. The lowest BCUT2D eigenvalue weighted by Crippen LogP contribution is -2.13. The molecule has 0 saturated heterocycles. The van der Waals surface area contributed by atoms with Crippen molar-refractivity contribution in [3.05, 3.63) is 27.8 Å². The lowest BCUT2D eigenvalue weighted by Gasteiger charge is -2.15. The predicted molar refractivity (Wildman–Crippen MR) is 74.9 cm³/mol. The van der Waals surface area contributed by atoms with E-state index in [1.54, 1.807) is 0 Å². The van der Waals surface area contributed by atoms with Gasteiger partial charge in [-0.15, -0.1) is 12.4 Å². The molecule has 6 nitrogen and oxygen atoms in total. The molecule has 0 aliphatic rings. The van der Waals surface area contributed by atoms with Crippen LogP contribution in [0.1, 0.15) is 31.9 Å². The maximum atomic E-state index is 10.8. The van der Waals surface area contributed by atoms with Crippen LogP contribution in [0.25, 0.3) is 0 Å². The molecule has 0 aliphatic carbocycles. The van der Waals surface area contributed by atoms with E-state index in [-0.39, 0.29) is 29.9 Å². The largest absolute Gasteiger partial charge is 0.500 e. The minimum Gasteiger partial charge on any atom is -0.500 e. The van der Waals surface area contributed by atoms with Crippen LogP contribution in [-0.2, 0) is 0 Å². The van der Waals surface area contributed by atoms with Crippen molar-refractivity contribution in [2.24, 2.45) is 11.7 Å². The van der Waals surface area contributed by atoms with Gasteiger partial charge in [0.2, 0.25) is 5.75 Å². The third-order valence-electron chi connectivity index (χ3n) is 2.65. The molecule has 0 spiro atoms. The molecule has 0 heterocycles. The number of rotatable bonds is 5. The zero-order valence-corrected chi connectivity index (χ0v) is 11.9. The van der Waals surface area contributed by atoms with Crippen LogP contribution in [0.5, 0.6) is 11.5 Å². The highest BCUT2D eigenvalue weighted by molar-refractivity contribution is 5.85. The Balaban J connectivity index is 0.00000324. The van der Waals surface area contributed by atoms with Crippen molar-refractivity contribution < 1.29 is 14.8 Å². The van der Waals surface area contributed by atoms with Gasteiger partial charge in [0.05, 0.1) is 12.0 Å². The van der Waals surface area contributed by atoms with Gasteiger partial charge in [-0.1, -0.05) is 13.8 Å². The van der Waals surface area contributed by atoms with Gasteiger partial charge in [0, 0.05) is 12.1 Å². The van der Waals surface area contributed by atoms with Crippen molar-refractivity contribution >= 4 is 18.1 Å². The highest BCUT2D eigenvalue weighted by Gasteiger charge is 2.22. The molecule has 7 heteroatoms. The van der Waals surface area contributed by atoms with Crippen LogP contribution in [0, 0.1) is 16.0 Å². The third-order valence-corrected chi connectivity index (χ3v) is 2.65. The summed E-state index contributed by atoms with van der Waals surface area (Å²) in [5.41, 5.74) is 6.18. The van der Waals surface area contributed by atoms with E-state index in [1.807, 2.05) is 13.8 Å². The quantitative estimate of drug-likeness (QED) is 0.642. The van der Waals surface area contributed by atoms with Gasteiger partial charge in [-0.05, 0) is 24.0 Å². The average molecular weight is 291 g/mol. The first-order valence-corrected chi connectivity index (χ1v) is 5.67. The van der Waals surface area contributed by atoms with Crippen LogP contribution in [0.4, 0.5) is 5.69 Å². The van der Waals surface area contributed by atoms with Crippen molar-refractivity contribution in [3.8, 4) is 11.5 Å². The van der Waals surface area contributed by atoms with Crippen LogP contribution in [0.2, 0.25) is 0 Å². The topological polar surface area (TPSA) is 98.6 Å². The smallest absolute Gasteiger partial charge is 0.314 e. The Hall–Kier alpha value is -1.53. The molecule has 3 N–H and O–H groups in total. The second kappa shape index (κ2) is 7.16. The summed E-state index contributed by atoms with van der Waals surface area (Å²) >= 11 is 0. The van der Waals surface area contributed by atoms with Gasteiger partial charge >= 0.3 is 5.69 Å². The summed E-state index contributed by atoms with van der Waals surface area (Å²) in [5.74, 6) is -0.0275. The van der Waals surface area contributed by atoms with Gasteiger partial charge in [-0.3, -0.25) is 10.1 Å². The molecule has 0 saturated carbocycles. The number of halogens is 1. The zero-order valence-electron chi connectivity index (χ0n) is 11.1. The Morgan fingerprint density at radius 3 is 2.47 bits per heavy atom. The molecule has 1 aromatic rings. The molecule has 108 valence electrons. The summed E-state index contributed by atoms with van der Waals surface area (Å²) in [6.45, 7) is 4.04. The molecule has 0 aromatic heterocycles. The van der Waals surface area contributed by atoms with E-state index in [0.29, 0.717) is 17.9 Å². The SMILES string of the molecule is COc1cc([C@@H](N)CC(C)C)cc([N+](=O)[O-])c1O.Cl. The van der Waals surface area contributed by atoms with Gasteiger partial charge in [0.1, 0.15) is 0 Å². The molecular formula is C12H19ClN2O4. The number of phenols is 1. The van der Waals surface area contributed by atoms with Gasteiger partial charge < -0.3 is 15.6 Å². The van der Waals surface area contributed by atoms with Gasteiger partial charge in [-0.2, -0.15) is 0 Å². The first kappa shape index (κ1) is 17.5. The summed E-state index contributed by atoms with van der Waals surface area (Å²) in [6.07, 6.45) is 0.699. The highest BCUT2D eigenvalue weighted by atomic mass is 35.5. The summed E-state index contributed by atoms with van der Waals surface area (Å²) in [7, 11) is 1.34. The van der Waals surface area contributed by atoms with Gasteiger partial charge in [0.25, 0.3) is 0 Å². The van der Waals surface area contributed by atoms with Gasteiger partial charge in [0.15, 0.2) is 5.75 Å². The van der Waals surface area contributed by atoms with E-state index in [0.717, 1.165) is 0 Å². The van der Waals surface area contributed by atoms with Crippen LogP contribution in [0.15, 0.2) is 12.1 Å². The van der Waals surface area contributed by atoms with E-state index >= 15 is 0 Å². The molecule has 1 atom stereocenters. The Labute approximate surface area is 118 Å². The van der Waals surface area contributed by atoms with Crippen LogP contribution >= 0.6 is 12.4 Å². The lowest BCUT2D eigenvalue weighted by atomic mass is 9.97. The number of hydrogen-bond donors (Lipinski definition) is 2. The molecule has 0 radical (unpaired) electrons. The molecule has 0 bridgehead atoms. The molecular weight excluding hydrogens is 272 g/mol. The van der Waals surface area contributed by atoms with E-state index in [9.17, 15) is 15.2 Å². The maximum absolute atomic E-state index is 10.8. The number of hydrogen-bond acceptors (Lipinski definition) is 5. The van der Waals surface area contributed by atoms with Crippen LogP contribution in [0.3, 0.4) is 0 Å². The summed E-state index contributed by atoms with van der Waals surface area (Å²) in [6, 6.07) is 2.51. The van der Waals surface area contributed by atoms with Crippen LogP contribution in [-0.4, -0.2) is 17.1 Å². The van der Waals surface area contributed by atoms with Crippen molar-refractivity contribution in [1.82, 2.24) is 0 Å². The standard InChI is InChI=1S/C12H18N2O4.ClH/c1-7(2)4-9(13)8-5-10(14(16)17)12(15)11(6-8)18-3;/h5-7,9,15H,4,13H2,1-3H3;1H/t9-;/m0./s1. The van der Waals surface area contributed by atoms with Crippen molar-refractivity contribution in [2.75, 3.05) is 7.11 Å². The number of methoxy groups -OCH3 is 1. The normalized spacial score (nSPS) is 11.8. The maximum Gasteiger partial charge on any atom is 0.314 e. The Morgan fingerprint density at radius 1 is 1.47 bits per heavy atom. The number of nitro groups is 1. The summed E-state index contributed by atoms with van der Waals surface area (Å²) < 4.78 is 4.92. The van der Waals surface area contributed by atoms with Crippen molar-refractivity contribution in [1.29, 1.82) is 0 Å². The molecule has 19 heavy (non-hydrogen) atoms. The van der Waals surface area contributed by atoms with E-state index in [4.69, 9.17) is 10.5 Å². The van der Waals surface area contributed by atoms with E-state index < -0.39 is 10.7 Å². The molecule has 0 fully saturated rings. The number of benzene rings is 1. The average Bonchev–Trinajstić information content (AvgIpc) is 2.27. The lowest BCUT2D eigenvalue weighted by molar-refractivity contribution is -0.386. The highest BCUT2D eigenvalue weighted by Crippen LogP contribution is 2.38. The van der Waals surface area contributed by atoms with E-state index in [2.05, 4.69) is 0 Å². The van der Waals surface area contributed by atoms with Crippen molar-refractivity contribution in [3.63, 3.8) is 0 Å². The number of nitro benzene ring substituents is 1. The molecule has 1 aromatic carbocycles. The van der Waals surface area contributed by atoms with Gasteiger partial charge in [-0.25, -0.2) is 0 Å². The zero-order chi connectivity index (χ0) is 13.9. The second-order valence-electron chi connectivity index (χ2n) is 4.58. The second-order valence-corrected chi connectivity index (χ2v) is 4.58.